The number of nitrogens with two attached hydrogens (primary N) is 1. The zero-order valence-electron chi connectivity index (χ0n) is 11.6. The number of nitrogens with zero attached hydrogens (tertiary/aromatic N) is 2. The van der Waals surface area contributed by atoms with E-state index < -0.39 is 0 Å². The van der Waals surface area contributed by atoms with Gasteiger partial charge in [-0.3, -0.25) is 0 Å². The molecule has 20 heavy (non-hydrogen) atoms. The fourth-order valence-corrected chi connectivity index (χ4v) is 2.79. The normalized spacial score (nSPS) is 18.1. The maximum Gasteiger partial charge on any atom is 0.258 e. The van der Waals surface area contributed by atoms with Crippen molar-refractivity contribution in [2.45, 2.75) is 37.7 Å². The summed E-state index contributed by atoms with van der Waals surface area (Å²) in [4.78, 5) is 4.53. The second-order valence-electron chi connectivity index (χ2n) is 5.30. The number of ether oxygens (including phenoxy) is 1. The molecule has 1 saturated carbocycles. The summed E-state index contributed by atoms with van der Waals surface area (Å²) in [5, 5.41) is 4.14. The van der Waals surface area contributed by atoms with Gasteiger partial charge in [0.15, 0.2) is 0 Å². The zero-order valence-corrected chi connectivity index (χ0v) is 11.6. The van der Waals surface area contributed by atoms with E-state index in [1.54, 1.807) is 7.11 Å². The van der Waals surface area contributed by atoms with Crippen molar-refractivity contribution in [1.82, 2.24) is 10.1 Å². The van der Waals surface area contributed by atoms with Crippen LogP contribution >= 0.6 is 0 Å². The second-order valence-corrected chi connectivity index (χ2v) is 5.30. The van der Waals surface area contributed by atoms with Gasteiger partial charge in [0.1, 0.15) is 5.60 Å². The molecule has 5 heteroatoms. The fourth-order valence-electron chi connectivity index (χ4n) is 2.79. The van der Waals surface area contributed by atoms with Crippen molar-refractivity contribution in [3.8, 4) is 11.5 Å². The van der Waals surface area contributed by atoms with Crippen molar-refractivity contribution in [3.05, 3.63) is 30.1 Å². The molecule has 0 spiro atoms. The highest BCUT2D eigenvalue weighted by Gasteiger charge is 2.38. The molecule has 106 valence electrons. The number of aromatic nitrogens is 2. The lowest BCUT2D eigenvalue weighted by atomic mass is 9.84. The highest BCUT2D eigenvalue weighted by atomic mass is 16.5. The standard InChI is InChI=1S/C15H19N3O2/c1-19-15(9-3-2-4-10-15)14-17-13(20-18-14)11-5-7-12(16)8-6-11/h5-8H,2-4,9-10,16H2,1H3. The molecule has 2 N–H and O–H groups in total. The van der Waals surface area contributed by atoms with Gasteiger partial charge in [-0.05, 0) is 37.1 Å². The van der Waals surface area contributed by atoms with Crippen LogP contribution in [0.3, 0.4) is 0 Å². The van der Waals surface area contributed by atoms with E-state index in [0.29, 0.717) is 17.4 Å². The molecule has 0 radical (unpaired) electrons. The monoisotopic (exact) mass is 273 g/mol. The number of anilines is 1. The third kappa shape index (κ3) is 2.29. The quantitative estimate of drug-likeness (QED) is 0.870. The zero-order chi connectivity index (χ0) is 14.0. The minimum atomic E-state index is -0.381. The van der Waals surface area contributed by atoms with Gasteiger partial charge in [0.05, 0.1) is 0 Å². The minimum absolute atomic E-state index is 0.381. The first-order valence-corrected chi connectivity index (χ1v) is 6.99. The Morgan fingerprint density at radius 3 is 2.50 bits per heavy atom. The lowest BCUT2D eigenvalue weighted by Crippen LogP contribution is -2.32. The van der Waals surface area contributed by atoms with Gasteiger partial charge >= 0.3 is 0 Å². The van der Waals surface area contributed by atoms with Gasteiger partial charge < -0.3 is 15.0 Å². The van der Waals surface area contributed by atoms with Crippen molar-refractivity contribution in [2.75, 3.05) is 12.8 Å². The Morgan fingerprint density at radius 2 is 1.85 bits per heavy atom. The number of methoxy groups -OCH3 is 1. The molecule has 1 aliphatic rings. The first-order chi connectivity index (χ1) is 9.73. The summed E-state index contributed by atoms with van der Waals surface area (Å²) in [6.45, 7) is 0. The van der Waals surface area contributed by atoms with Gasteiger partial charge in [-0.15, -0.1) is 0 Å². The predicted molar refractivity (Wildman–Crippen MR) is 75.9 cm³/mol. The van der Waals surface area contributed by atoms with E-state index in [1.165, 1.54) is 6.42 Å². The molecule has 0 bridgehead atoms. The molecule has 5 nitrogen and oxygen atoms in total. The third-order valence-corrected chi connectivity index (χ3v) is 4.04. The number of hydrogen-bond donors (Lipinski definition) is 1. The van der Waals surface area contributed by atoms with E-state index in [9.17, 15) is 0 Å². The van der Waals surface area contributed by atoms with Crippen LogP contribution in [0.25, 0.3) is 11.5 Å². The summed E-state index contributed by atoms with van der Waals surface area (Å²) >= 11 is 0. The highest BCUT2D eigenvalue weighted by molar-refractivity contribution is 5.57. The number of rotatable bonds is 3. The van der Waals surface area contributed by atoms with Crippen LogP contribution in [0.2, 0.25) is 0 Å². The molecular weight excluding hydrogens is 254 g/mol. The minimum Gasteiger partial charge on any atom is -0.399 e. The topological polar surface area (TPSA) is 74.2 Å². The molecule has 0 saturated heterocycles. The molecule has 1 aliphatic carbocycles. The molecule has 0 aliphatic heterocycles. The molecule has 3 rings (SSSR count). The SMILES string of the molecule is COC1(c2noc(-c3ccc(N)cc3)n2)CCCCC1. The van der Waals surface area contributed by atoms with Gasteiger partial charge in [-0.1, -0.05) is 24.4 Å². The van der Waals surface area contributed by atoms with Gasteiger partial charge in [-0.2, -0.15) is 4.98 Å². The first-order valence-electron chi connectivity index (χ1n) is 6.99. The first kappa shape index (κ1) is 13.1. The van der Waals surface area contributed by atoms with E-state index in [-0.39, 0.29) is 5.60 Å². The molecule has 0 unspecified atom stereocenters. The molecule has 0 amide bonds. The van der Waals surface area contributed by atoms with Crippen LogP contribution in [-0.4, -0.2) is 17.3 Å². The lowest BCUT2D eigenvalue weighted by Gasteiger charge is -2.32. The molecule has 1 aromatic heterocycles. The van der Waals surface area contributed by atoms with Crippen LogP contribution < -0.4 is 5.73 Å². The van der Waals surface area contributed by atoms with Crippen LogP contribution in [0.15, 0.2) is 28.8 Å². The van der Waals surface area contributed by atoms with Crippen molar-refractivity contribution < 1.29 is 9.26 Å². The number of hydrogen-bond acceptors (Lipinski definition) is 5. The highest BCUT2D eigenvalue weighted by Crippen LogP contribution is 2.39. The number of nitrogen functional groups attached to an aromatic ring is 1. The summed E-state index contributed by atoms with van der Waals surface area (Å²) in [6.07, 6.45) is 5.42. The third-order valence-electron chi connectivity index (χ3n) is 4.04. The van der Waals surface area contributed by atoms with Gasteiger partial charge in [0, 0.05) is 18.4 Å². The predicted octanol–water partition coefficient (Wildman–Crippen LogP) is 3.12. The van der Waals surface area contributed by atoms with E-state index in [4.69, 9.17) is 15.0 Å². The largest absolute Gasteiger partial charge is 0.399 e. The van der Waals surface area contributed by atoms with E-state index >= 15 is 0 Å². The fraction of sp³-hybridized carbons (Fsp3) is 0.467. The number of benzene rings is 1. The maximum absolute atomic E-state index is 5.73. The summed E-state index contributed by atoms with van der Waals surface area (Å²) in [5.41, 5.74) is 6.89. The van der Waals surface area contributed by atoms with Crippen LogP contribution in [0.1, 0.15) is 37.9 Å². The van der Waals surface area contributed by atoms with Crippen LogP contribution in [-0.2, 0) is 10.3 Å². The van der Waals surface area contributed by atoms with Crippen molar-refractivity contribution in [2.24, 2.45) is 0 Å². The van der Waals surface area contributed by atoms with Crippen LogP contribution in [0, 0.1) is 0 Å². The molecule has 0 atom stereocenters. The summed E-state index contributed by atoms with van der Waals surface area (Å²) in [6, 6.07) is 7.41. The Labute approximate surface area is 118 Å². The van der Waals surface area contributed by atoms with Gasteiger partial charge in [-0.25, -0.2) is 0 Å². The van der Waals surface area contributed by atoms with Crippen LogP contribution in [0.5, 0.6) is 0 Å². The molecule has 1 fully saturated rings. The summed E-state index contributed by atoms with van der Waals surface area (Å²) in [7, 11) is 1.73. The Morgan fingerprint density at radius 1 is 1.15 bits per heavy atom. The van der Waals surface area contributed by atoms with E-state index in [1.807, 2.05) is 24.3 Å². The summed E-state index contributed by atoms with van der Waals surface area (Å²) in [5.74, 6) is 1.17. The van der Waals surface area contributed by atoms with Crippen molar-refractivity contribution >= 4 is 5.69 Å². The van der Waals surface area contributed by atoms with Crippen molar-refractivity contribution in [1.29, 1.82) is 0 Å². The Balaban J connectivity index is 1.91. The Hall–Kier alpha value is -1.88. The smallest absolute Gasteiger partial charge is 0.258 e. The summed E-state index contributed by atoms with van der Waals surface area (Å²) < 4.78 is 11.1. The average Bonchev–Trinajstić information content (AvgIpc) is 2.99. The molecule has 1 aromatic carbocycles. The maximum atomic E-state index is 5.73. The molecule has 2 aromatic rings. The van der Waals surface area contributed by atoms with Crippen molar-refractivity contribution in [3.63, 3.8) is 0 Å². The molecule has 1 heterocycles. The Bertz CT molecular complexity index is 571. The average molecular weight is 273 g/mol. The van der Waals surface area contributed by atoms with Gasteiger partial charge in [0.2, 0.25) is 5.82 Å². The Kier molecular flexibility index (Phi) is 3.44. The lowest BCUT2D eigenvalue weighted by molar-refractivity contribution is -0.0527. The molecular formula is C15H19N3O2. The van der Waals surface area contributed by atoms with E-state index in [2.05, 4.69) is 10.1 Å². The van der Waals surface area contributed by atoms with Crippen LogP contribution in [0.4, 0.5) is 5.69 Å². The van der Waals surface area contributed by atoms with E-state index in [0.717, 1.165) is 31.2 Å². The second kappa shape index (κ2) is 5.25. The van der Waals surface area contributed by atoms with Gasteiger partial charge in [0.25, 0.3) is 5.89 Å².